The molecule has 5 nitrogen and oxygen atoms in total. The van der Waals surface area contributed by atoms with E-state index in [0.717, 1.165) is 22.2 Å². The third-order valence-corrected chi connectivity index (χ3v) is 4.50. The van der Waals surface area contributed by atoms with Crippen molar-refractivity contribution >= 4 is 22.2 Å². The first-order valence-corrected chi connectivity index (χ1v) is 8.64. The van der Waals surface area contributed by atoms with Crippen LogP contribution in [-0.2, 0) is 0 Å². The van der Waals surface area contributed by atoms with Gasteiger partial charge in [0.25, 0.3) is 0 Å². The summed E-state index contributed by atoms with van der Waals surface area (Å²) in [5.74, 6) is 0.985. The smallest absolute Gasteiger partial charge is 0.227 e. The lowest BCUT2D eigenvalue weighted by Gasteiger charge is -2.01. The molecule has 0 aliphatic carbocycles. The van der Waals surface area contributed by atoms with Gasteiger partial charge < -0.3 is 13.9 Å². The molecule has 0 saturated carbocycles. The van der Waals surface area contributed by atoms with Crippen LogP contribution in [0.2, 0.25) is 0 Å². The number of oxazole rings is 2. The van der Waals surface area contributed by atoms with Crippen LogP contribution in [0.5, 0.6) is 5.75 Å². The molecule has 0 bridgehead atoms. The van der Waals surface area contributed by atoms with E-state index in [0.29, 0.717) is 34.1 Å². The normalized spacial score (nSPS) is 11.5. The minimum absolute atomic E-state index is 0.0966. The average molecular weight is 356 g/mol. The largest absolute Gasteiger partial charge is 0.508 e. The summed E-state index contributed by atoms with van der Waals surface area (Å²) >= 11 is 0. The molecule has 5 heteroatoms. The van der Waals surface area contributed by atoms with Crippen molar-refractivity contribution < 1.29 is 13.9 Å². The van der Waals surface area contributed by atoms with Crippen molar-refractivity contribution in [2.75, 3.05) is 0 Å². The first kappa shape index (κ1) is 15.6. The van der Waals surface area contributed by atoms with Crippen molar-refractivity contribution in [1.29, 1.82) is 0 Å². The Morgan fingerprint density at radius 2 is 1.15 bits per heavy atom. The van der Waals surface area contributed by atoms with E-state index < -0.39 is 0 Å². The van der Waals surface area contributed by atoms with Crippen molar-refractivity contribution in [2.45, 2.75) is 13.8 Å². The summed E-state index contributed by atoms with van der Waals surface area (Å²) in [5.41, 5.74) is 6.53. The number of phenolic OH excluding ortho intramolecular Hbond substituents is 1. The van der Waals surface area contributed by atoms with Crippen LogP contribution in [0.25, 0.3) is 45.1 Å². The number of benzene rings is 3. The van der Waals surface area contributed by atoms with Crippen LogP contribution in [-0.4, -0.2) is 15.1 Å². The van der Waals surface area contributed by atoms with E-state index in [1.165, 1.54) is 0 Å². The van der Waals surface area contributed by atoms with Crippen LogP contribution in [0.15, 0.2) is 63.4 Å². The maximum atomic E-state index is 10.2. The van der Waals surface area contributed by atoms with E-state index in [2.05, 4.69) is 9.97 Å². The number of hydrogen-bond acceptors (Lipinski definition) is 5. The van der Waals surface area contributed by atoms with E-state index in [-0.39, 0.29) is 5.75 Å². The molecule has 0 spiro atoms. The predicted octanol–water partition coefficient (Wildman–Crippen LogP) is 5.63. The van der Waals surface area contributed by atoms with Crippen molar-refractivity contribution in [3.63, 3.8) is 0 Å². The molecule has 0 radical (unpaired) electrons. The molecule has 5 aromatic rings. The molecule has 5 rings (SSSR count). The van der Waals surface area contributed by atoms with Crippen molar-refractivity contribution in [1.82, 2.24) is 9.97 Å². The minimum Gasteiger partial charge on any atom is -0.508 e. The third kappa shape index (κ3) is 2.73. The van der Waals surface area contributed by atoms with Gasteiger partial charge in [-0.15, -0.1) is 0 Å². The SMILES string of the molecule is Cc1ccc2oc(-c3cc(O)cc(-c4nc5cc(C)ccc5o4)c3)nc2c1. The second-order valence-corrected chi connectivity index (χ2v) is 6.75. The summed E-state index contributed by atoms with van der Waals surface area (Å²) in [6.07, 6.45) is 0. The van der Waals surface area contributed by atoms with Gasteiger partial charge in [0.2, 0.25) is 11.8 Å². The van der Waals surface area contributed by atoms with Crippen molar-refractivity contribution in [3.8, 4) is 28.7 Å². The summed E-state index contributed by atoms with van der Waals surface area (Å²) < 4.78 is 11.7. The van der Waals surface area contributed by atoms with Crippen LogP contribution in [0, 0.1) is 13.8 Å². The van der Waals surface area contributed by atoms with Crippen LogP contribution in [0.4, 0.5) is 0 Å². The van der Waals surface area contributed by atoms with E-state index in [4.69, 9.17) is 8.83 Å². The Kier molecular flexibility index (Phi) is 3.31. The number of aromatic nitrogens is 2. The zero-order valence-corrected chi connectivity index (χ0v) is 14.9. The quantitative estimate of drug-likeness (QED) is 0.444. The zero-order valence-electron chi connectivity index (χ0n) is 14.9. The number of rotatable bonds is 2. The summed E-state index contributed by atoms with van der Waals surface area (Å²) in [6, 6.07) is 16.8. The molecular formula is C22H16N2O3. The number of fused-ring (bicyclic) bond motifs is 2. The molecule has 0 aliphatic rings. The molecule has 3 aromatic carbocycles. The highest BCUT2D eigenvalue weighted by Crippen LogP contribution is 2.33. The van der Waals surface area contributed by atoms with Gasteiger partial charge in [0.05, 0.1) is 0 Å². The third-order valence-electron chi connectivity index (χ3n) is 4.50. The highest BCUT2D eigenvalue weighted by atomic mass is 16.4. The fourth-order valence-electron chi connectivity index (χ4n) is 3.18. The first-order chi connectivity index (χ1) is 13.0. The van der Waals surface area contributed by atoms with Gasteiger partial charge in [-0.05, 0) is 67.4 Å². The number of nitrogens with zero attached hydrogens (tertiary/aromatic N) is 2. The molecule has 1 N–H and O–H groups in total. The number of hydrogen-bond donors (Lipinski definition) is 1. The zero-order chi connectivity index (χ0) is 18.5. The first-order valence-electron chi connectivity index (χ1n) is 8.64. The number of aryl methyl sites for hydroxylation is 2. The summed E-state index contributed by atoms with van der Waals surface area (Å²) in [5, 5.41) is 10.2. The van der Waals surface area contributed by atoms with Crippen LogP contribution in [0.1, 0.15) is 11.1 Å². The lowest BCUT2D eigenvalue weighted by molar-refractivity contribution is 0.475. The highest BCUT2D eigenvalue weighted by Gasteiger charge is 2.14. The van der Waals surface area contributed by atoms with Gasteiger partial charge in [0.1, 0.15) is 16.8 Å². The monoisotopic (exact) mass is 356 g/mol. The lowest BCUT2D eigenvalue weighted by atomic mass is 10.1. The van der Waals surface area contributed by atoms with E-state index in [9.17, 15) is 5.11 Å². The Morgan fingerprint density at radius 3 is 1.63 bits per heavy atom. The lowest BCUT2D eigenvalue weighted by Crippen LogP contribution is -1.82. The van der Waals surface area contributed by atoms with E-state index in [1.807, 2.05) is 56.3 Å². The predicted molar refractivity (Wildman–Crippen MR) is 104 cm³/mol. The molecular weight excluding hydrogens is 340 g/mol. The standard InChI is InChI=1S/C22H16N2O3/c1-12-3-5-19-17(7-12)23-21(26-19)14-9-15(11-16(25)10-14)22-24-18-8-13(2)4-6-20(18)27-22/h3-11,25H,1-2H3. The second kappa shape index (κ2) is 5.71. The maximum Gasteiger partial charge on any atom is 0.227 e. The van der Waals surface area contributed by atoms with Gasteiger partial charge >= 0.3 is 0 Å². The Labute approximate surface area is 154 Å². The highest BCUT2D eigenvalue weighted by molar-refractivity contribution is 5.80. The molecule has 0 amide bonds. The summed E-state index contributed by atoms with van der Waals surface area (Å²) in [7, 11) is 0. The second-order valence-electron chi connectivity index (χ2n) is 6.75. The van der Waals surface area contributed by atoms with E-state index >= 15 is 0 Å². The summed E-state index contributed by atoms with van der Waals surface area (Å²) in [6.45, 7) is 4.02. The molecule has 132 valence electrons. The molecule has 2 aromatic heterocycles. The fraction of sp³-hybridized carbons (Fsp3) is 0.0909. The Hall–Kier alpha value is -3.60. The van der Waals surface area contributed by atoms with Gasteiger partial charge in [-0.2, -0.15) is 0 Å². The van der Waals surface area contributed by atoms with Crippen molar-refractivity contribution in [2.24, 2.45) is 0 Å². The molecule has 0 unspecified atom stereocenters. The Balaban J connectivity index is 1.64. The van der Waals surface area contributed by atoms with Gasteiger partial charge in [-0.3, -0.25) is 0 Å². The molecule has 0 atom stereocenters. The molecule has 0 aliphatic heterocycles. The molecule has 27 heavy (non-hydrogen) atoms. The van der Waals surface area contributed by atoms with Gasteiger partial charge in [0.15, 0.2) is 11.2 Å². The van der Waals surface area contributed by atoms with Gasteiger partial charge in [-0.25, -0.2) is 9.97 Å². The Bertz CT molecular complexity index is 1220. The average Bonchev–Trinajstić information content (AvgIpc) is 3.24. The summed E-state index contributed by atoms with van der Waals surface area (Å²) in [4.78, 5) is 9.09. The van der Waals surface area contributed by atoms with Crippen molar-refractivity contribution in [3.05, 3.63) is 65.7 Å². The minimum atomic E-state index is 0.0966. The maximum absolute atomic E-state index is 10.2. The van der Waals surface area contributed by atoms with E-state index in [1.54, 1.807) is 12.1 Å². The Morgan fingerprint density at radius 1 is 0.667 bits per heavy atom. The molecule has 2 heterocycles. The molecule has 0 saturated heterocycles. The topological polar surface area (TPSA) is 72.3 Å². The molecule has 0 fully saturated rings. The number of phenols is 1. The van der Waals surface area contributed by atoms with Crippen LogP contribution >= 0.6 is 0 Å². The number of aromatic hydroxyl groups is 1. The van der Waals surface area contributed by atoms with Crippen LogP contribution in [0.3, 0.4) is 0 Å². The van der Waals surface area contributed by atoms with Gasteiger partial charge in [-0.1, -0.05) is 12.1 Å². The van der Waals surface area contributed by atoms with Crippen LogP contribution < -0.4 is 0 Å². The van der Waals surface area contributed by atoms with Gasteiger partial charge in [0, 0.05) is 11.1 Å². The fourth-order valence-corrected chi connectivity index (χ4v) is 3.18.